The van der Waals surface area contributed by atoms with Gasteiger partial charge in [0.25, 0.3) is 0 Å². The van der Waals surface area contributed by atoms with Crippen molar-refractivity contribution in [1.82, 2.24) is 14.8 Å². The number of esters is 2. The summed E-state index contributed by atoms with van der Waals surface area (Å²) in [5.41, 5.74) is 1.24. The van der Waals surface area contributed by atoms with Gasteiger partial charge in [-0.3, -0.25) is 14.6 Å². The fraction of sp³-hybridized carbons (Fsp3) is 0.535. The Morgan fingerprint density at radius 2 is 1.80 bits per heavy atom. The van der Waals surface area contributed by atoms with E-state index in [1.54, 1.807) is 7.11 Å². The molecule has 0 amide bonds. The van der Waals surface area contributed by atoms with Crippen molar-refractivity contribution in [2.45, 2.75) is 80.7 Å². The fourth-order valence-electron chi connectivity index (χ4n) is 12.5. The molecule has 3 N–H and O–H groups in total. The van der Waals surface area contributed by atoms with Crippen molar-refractivity contribution in [3.63, 3.8) is 0 Å². The quantitative estimate of drug-likeness (QED) is 0.251. The van der Waals surface area contributed by atoms with Gasteiger partial charge in [-0.2, -0.15) is 0 Å². The van der Waals surface area contributed by atoms with Gasteiger partial charge in [-0.1, -0.05) is 55.8 Å². The van der Waals surface area contributed by atoms with Crippen LogP contribution < -0.4 is 9.64 Å². The van der Waals surface area contributed by atoms with E-state index in [0.29, 0.717) is 50.2 Å². The number of ether oxygens (including phenoxy) is 3. The van der Waals surface area contributed by atoms with Crippen LogP contribution in [0.5, 0.6) is 5.75 Å². The number of carbonyl (C=O) groups is 2. The lowest BCUT2D eigenvalue weighted by atomic mass is 9.47. The SMILES string of the molecule is CCC1=CC2CN(C1)Cc1c([nH]c3ccccc13)C(C(=O)OC)(c1cc3c(cc1OC)N(C)C1C(O)(C(=O)OC)C(O)C4(CC)C=CCN5CCC31C54)C2. The standard InChI is InChI=1S/C43H52N4O7/c1-7-25-18-26-21-42(38(49)53-5,34-28(24-46(22-25)23-26)27-12-9-10-13-31(27)44-34)30-19-29-32(20-33(30)52-4)45(3)36-41(29)15-17-47-16-11-14-40(8-2,35(41)47)37(48)43(36,51)39(50)54-6/h9-14,18-20,26,35-37,44,48,51H,7-8,15-17,21-24H2,1-6H3. The van der Waals surface area contributed by atoms with Gasteiger partial charge >= 0.3 is 11.9 Å². The summed E-state index contributed by atoms with van der Waals surface area (Å²) in [5, 5.41) is 26.3. The number of methoxy groups -OCH3 is 3. The molecule has 1 saturated carbocycles. The summed E-state index contributed by atoms with van der Waals surface area (Å²) >= 11 is 0. The predicted octanol–water partition coefficient (Wildman–Crippen LogP) is 4.18. The Hall–Kier alpha value is -4.16. The van der Waals surface area contributed by atoms with Gasteiger partial charge in [0.1, 0.15) is 17.3 Å². The van der Waals surface area contributed by atoms with E-state index >= 15 is 4.79 Å². The van der Waals surface area contributed by atoms with Crippen molar-refractivity contribution < 1.29 is 34.0 Å². The number of aromatic amines is 1. The lowest BCUT2D eigenvalue weighted by molar-refractivity contribution is -0.218. The number of fused-ring (bicyclic) bond motifs is 6. The Morgan fingerprint density at radius 3 is 2.52 bits per heavy atom. The predicted molar refractivity (Wildman–Crippen MR) is 205 cm³/mol. The molecule has 2 aromatic carbocycles. The molecule has 6 aliphatic rings. The first kappa shape index (κ1) is 35.5. The van der Waals surface area contributed by atoms with Crippen LogP contribution in [-0.4, -0.2) is 115 Å². The average molecular weight is 737 g/mol. The minimum Gasteiger partial charge on any atom is -0.496 e. The zero-order valence-electron chi connectivity index (χ0n) is 32.1. The molecule has 1 spiro atoms. The Balaban J connectivity index is 1.37. The second-order valence-electron chi connectivity index (χ2n) is 16.6. The van der Waals surface area contributed by atoms with E-state index in [0.717, 1.165) is 52.9 Å². The first-order valence-electron chi connectivity index (χ1n) is 19.5. The number of aromatic nitrogens is 1. The Kier molecular flexibility index (Phi) is 8.01. The van der Waals surface area contributed by atoms with Gasteiger partial charge in [0.2, 0.25) is 5.60 Å². The molecular weight excluding hydrogens is 684 g/mol. The van der Waals surface area contributed by atoms with Crippen molar-refractivity contribution in [3.05, 3.63) is 82.6 Å². The van der Waals surface area contributed by atoms with Crippen LogP contribution in [0.15, 0.2) is 60.2 Å². The number of aliphatic hydroxyl groups is 2. The second kappa shape index (κ2) is 12.2. The topological polar surface area (TPSA) is 128 Å². The number of carbonyl (C=O) groups excluding carboxylic acids is 2. The minimum absolute atomic E-state index is 0.0475. The molecule has 1 aromatic heterocycles. The summed E-state index contributed by atoms with van der Waals surface area (Å²) in [7, 11) is 6.24. The van der Waals surface area contributed by atoms with Crippen LogP contribution in [-0.2, 0) is 36.4 Å². The van der Waals surface area contributed by atoms with Crippen LogP contribution in [0.4, 0.5) is 5.69 Å². The minimum atomic E-state index is -2.27. The normalized spacial score (nSPS) is 36.3. The summed E-state index contributed by atoms with van der Waals surface area (Å²) in [5.74, 6) is -0.669. The Morgan fingerprint density at radius 1 is 1.02 bits per heavy atom. The van der Waals surface area contributed by atoms with Gasteiger partial charge in [0.05, 0.1) is 27.4 Å². The molecule has 11 nitrogen and oxygen atoms in total. The Labute approximate surface area is 316 Å². The maximum atomic E-state index is 15.1. The number of para-hydroxylation sites is 1. The van der Waals surface area contributed by atoms with Gasteiger partial charge in [-0.25, -0.2) is 4.79 Å². The molecule has 1 saturated heterocycles. The highest BCUT2D eigenvalue weighted by molar-refractivity contribution is 5.95. The van der Waals surface area contributed by atoms with E-state index in [1.165, 1.54) is 19.8 Å². The number of hydrogen-bond acceptors (Lipinski definition) is 10. The summed E-state index contributed by atoms with van der Waals surface area (Å²) in [6.07, 6.45) is 7.52. The molecule has 9 atom stereocenters. The van der Waals surface area contributed by atoms with Crippen LogP contribution in [0.2, 0.25) is 0 Å². The molecule has 286 valence electrons. The van der Waals surface area contributed by atoms with Crippen molar-refractivity contribution in [3.8, 4) is 5.75 Å². The molecule has 54 heavy (non-hydrogen) atoms. The van der Waals surface area contributed by atoms with E-state index in [2.05, 4.69) is 52.1 Å². The third-order valence-electron chi connectivity index (χ3n) is 14.5. The lowest BCUT2D eigenvalue weighted by Crippen LogP contribution is -2.80. The first-order valence-corrected chi connectivity index (χ1v) is 19.5. The van der Waals surface area contributed by atoms with Crippen LogP contribution in [0.25, 0.3) is 10.9 Å². The van der Waals surface area contributed by atoms with E-state index in [-0.39, 0.29) is 17.9 Å². The average Bonchev–Trinajstić information content (AvgIpc) is 3.84. The highest BCUT2D eigenvalue weighted by Gasteiger charge is 2.79. The van der Waals surface area contributed by atoms with Crippen LogP contribution in [0.3, 0.4) is 0 Å². The maximum absolute atomic E-state index is 15.1. The molecule has 2 fully saturated rings. The number of aliphatic hydroxyl groups excluding tert-OH is 1. The smallest absolute Gasteiger partial charge is 0.342 e. The molecule has 5 aliphatic heterocycles. The highest BCUT2D eigenvalue weighted by Crippen LogP contribution is 2.67. The molecule has 2 bridgehead atoms. The van der Waals surface area contributed by atoms with Gasteiger partial charge < -0.3 is 34.3 Å². The van der Waals surface area contributed by atoms with Gasteiger partial charge in [0, 0.05) is 84.0 Å². The fourth-order valence-corrected chi connectivity index (χ4v) is 12.5. The van der Waals surface area contributed by atoms with Crippen molar-refractivity contribution in [2.24, 2.45) is 11.3 Å². The number of nitrogens with one attached hydrogen (secondary N) is 1. The number of benzene rings is 2. The first-order chi connectivity index (χ1) is 26.0. The van der Waals surface area contributed by atoms with Crippen LogP contribution in [0, 0.1) is 11.3 Å². The molecule has 9 rings (SSSR count). The third-order valence-corrected chi connectivity index (χ3v) is 14.5. The largest absolute Gasteiger partial charge is 0.496 e. The second-order valence-corrected chi connectivity index (χ2v) is 16.6. The molecule has 6 heterocycles. The molecule has 1 aliphatic carbocycles. The zero-order valence-corrected chi connectivity index (χ0v) is 32.1. The number of anilines is 1. The van der Waals surface area contributed by atoms with Gasteiger partial charge in [0.15, 0.2) is 0 Å². The molecule has 11 heteroatoms. The van der Waals surface area contributed by atoms with Crippen molar-refractivity contribution in [1.29, 1.82) is 0 Å². The van der Waals surface area contributed by atoms with Crippen LogP contribution in [0.1, 0.15) is 61.9 Å². The molecule has 3 aromatic rings. The summed E-state index contributed by atoms with van der Waals surface area (Å²) in [4.78, 5) is 39.7. The number of rotatable bonds is 6. The van der Waals surface area contributed by atoms with Crippen molar-refractivity contribution in [2.75, 3.05) is 59.5 Å². The van der Waals surface area contributed by atoms with Crippen molar-refractivity contribution >= 4 is 28.5 Å². The number of H-pyrrole nitrogens is 1. The maximum Gasteiger partial charge on any atom is 0.342 e. The summed E-state index contributed by atoms with van der Waals surface area (Å²) < 4.78 is 17.6. The third kappa shape index (κ3) is 4.21. The molecule has 9 unspecified atom stereocenters. The number of hydrogen-bond donors (Lipinski definition) is 3. The van der Waals surface area contributed by atoms with Gasteiger partial charge in [-0.05, 0) is 61.4 Å². The lowest BCUT2D eigenvalue weighted by Gasteiger charge is -2.63. The summed E-state index contributed by atoms with van der Waals surface area (Å²) in [6, 6.07) is 11.3. The van der Waals surface area contributed by atoms with E-state index in [4.69, 9.17) is 14.2 Å². The van der Waals surface area contributed by atoms with E-state index in [1.807, 2.05) is 43.1 Å². The monoisotopic (exact) mass is 736 g/mol. The number of likely N-dealkylation sites (N-methyl/N-ethyl adjacent to an activating group) is 1. The summed E-state index contributed by atoms with van der Waals surface area (Å²) in [6.45, 7) is 7.97. The van der Waals surface area contributed by atoms with E-state index in [9.17, 15) is 15.0 Å². The highest BCUT2D eigenvalue weighted by atomic mass is 16.5. The molecular formula is C43H52N4O7. The number of nitrogens with zero attached hydrogens (tertiary/aromatic N) is 3. The van der Waals surface area contributed by atoms with Crippen LogP contribution >= 0.6 is 0 Å². The van der Waals surface area contributed by atoms with E-state index < -0.39 is 40.0 Å². The Bertz CT molecular complexity index is 2130. The molecule has 0 radical (unpaired) electrons. The zero-order chi connectivity index (χ0) is 37.9. The van der Waals surface area contributed by atoms with Gasteiger partial charge in [-0.15, -0.1) is 0 Å².